The highest BCUT2D eigenvalue weighted by molar-refractivity contribution is 5.81. The Bertz CT molecular complexity index is 601. The molecule has 0 aromatic carbocycles. The summed E-state index contributed by atoms with van der Waals surface area (Å²) in [6.45, 7) is 4.47. The third kappa shape index (κ3) is 5.70. The van der Waals surface area contributed by atoms with Gasteiger partial charge in [0.2, 0.25) is 11.9 Å². The average Bonchev–Trinajstić information content (AvgIpc) is 3.12. The van der Waals surface area contributed by atoms with E-state index in [1.807, 2.05) is 0 Å². The fourth-order valence-corrected chi connectivity index (χ4v) is 2.44. The Kier molecular flexibility index (Phi) is 7.30. The SMILES string of the molecule is CCCNc1nc(N)ncc1C#CCCCNC(=O)C1CCCN1. The van der Waals surface area contributed by atoms with Crippen LogP contribution in [0.1, 0.15) is 44.6 Å². The summed E-state index contributed by atoms with van der Waals surface area (Å²) in [5, 5.41) is 9.34. The van der Waals surface area contributed by atoms with Gasteiger partial charge in [-0.25, -0.2) is 4.98 Å². The van der Waals surface area contributed by atoms with E-state index in [4.69, 9.17) is 5.73 Å². The second-order valence-corrected chi connectivity index (χ2v) is 5.76. The third-order valence-corrected chi connectivity index (χ3v) is 3.73. The number of aromatic nitrogens is 2. The van der Waals surface area contributed by atoms with Crippen LogP contribution in [0.3, 0.4) is 0 Å². The first-order chi connectivity index (χ1) is 11.7. The molecule has 5 N–H and O–H groups in total. The maximum absolute atomic E-state index is 11.8. The molecule has 1 saturated heterocycles. The number of nitrogens with one attached hydrogen (secondary N) is 3. The van der Waals surface area contributed by atoms with Crippen LogP contribution in [0.4, 0.5) is 11.8 Å². The molecule has 2 rings (SSSR count). The van der Waals surface area contributed by atoms with E-state index in [0.717, 1.165) is 44.3 Å². The zero-order valence-electron chi connectivity index (χ0n) is 14.2. The van der Waals surface area contributed by atoms with Gasteiger partial charge in [0.05, 0.1) is 17.8 Å². The van der Waals surface area contributed by atoms with Crippen LogP contribution >= 0.6 is 0 Å². The minimum absolute atomic E-state index is 0.0183. The zero-order valence-corrected chi connectivity index (χ0v) is 14.2. The number of amides is 1. The van der Waals surface area contributed by atoms with Crippen molar-refractivity contribution in [2.45, 2.75) is 45.1 Å². The first-order valence-electron chi connectivity index (χ1n) is 8.57. The van der Waals surface area contributed by atoms with Gasteiger partial charge in [0, 0.05) is 19.5 Å². The quantitative estimate of drug-likeness (QED) is 0.437. The predicted octanol–water partition coefficient (Wildman–Crippen LogP) is 0.881. The second kappa shape index (κ2) is 9.73. The summed E-state index contributed by atoms with van der Waals surface area (Å²) in [6.07, 6.45) is 6.15. The average molecular weight is 330 g/mol. The summed E-state index contributed by atoms with van der Waals surface area (Å²) in [5.41, 5.74) is 6.36. The Morgan fingerprint density at radius 3 is 3.12 bits per heavy atom. The highest BCUT2D eigenvalue weighted by Crippen LogP contribution is 2.11. The molecular formula is C17H26N6O. The first kappa shape index (κ1) is 18.0. The van der Waals surface area contributed by atoms with Crippen LogP contribution in [0.15, 0.2) is 6.20 Å². The highest BCUT2D eigenvalue weighted by atomic mass is 16.2. The van der Waals surface area contributed by atoms with Gasteiger partial charge in [0.15, 0.2) is 0 Å². The molecule has 1 aromatic heterocycles. The number of carbonyl (C=O) groups is 1. The number of carbonyl (C=O) groups excluding carboxylic acids is 1. The molecular weight excluding hydrogens is 304 g/mol. The molecule has 7 heteroatoms. The fraction of sp³-hybridized carbons (Fsp3) is 0.588. The van der Waals surface area contributed by atoms with Crippen molar-refractivity contribution in [1.29, 1.82) is 0 Å². The van der Waals surface area contributed by atoms with Gasteiger partial charge < -0.3 is 21.7 Å². The van der Waals surface area contributed by atoms with Gasteiger partial charge in [-0.15, -0.1) is 0 Å². The standard InChI is InChI=1S/C17H26N6O/c1-2-9-20-15-13(12-22-17(18)23-15)7-4-3-5-10-21-16(24)14-8-6-11-19-14/h12,14,19H,2-3,5-6,8-11H2,1H3,(H,21,24)(H3,18,20,22,23). The number of hydrogen-bond donors (Lipinski definition) is 4. The third-order valence-electron chi connectivity index (χ3n) is 3.73. The number of nitrogens with two attached hydrogens (primary N) is 1. The molecule has 1 fully saturated rings. The Labute approximate surface area is 143 Å². The molecule has 2 heterocycles. The lowest BCUT2D eigenvalue weighted by atomic mass is 10.2. The molecule has 24 heavy (non-hydrogen) atoms. The lowest BCUT2D eigenvalue weighted by molar-refractivity contribution is -0.122. The topological polar surface area (TPSA) is 105 Å². The minimum Gasteiger partial charge on any atom is -0.369 e. The van der Waals surface area contributed by atoms with E-state index in [1.54, 1.807) is 6.20 Å². The van der Waals surface area contributed by atoms with E-state index < -0.39 is 0 Å². The van der Waals surface area contributed by atoms with Gasteiger partial charge in [-0.3, -0.25) is 4.79 Å². The van der Waals surface area contributed by atoms with Gasteiger partial charge in [0.25, 0.3) is 0 Å². The Balaban J connectivity index is 1.75. The summed E-state index contributed by atoms with van der Waals surface area (Å²) < 4.78 is 0. The molecule has 1 aliphatic heterocycles. The summed E-state index contributed by atoms with van der Waals surface area (Å²) in [7, 11) is 0. The van der Waals surface area contributed by atoms with Crippen molar-refractivity contribution in [3.05, 3.63) is 11.8 Å². The van der Waals surface area contributed by atoms with Crippen molar-refractivity contribution in [3.63, 3.8) is 0 Å². The highest BCUT2D eigenvalue weighted by Gasteiger charge is 2.20. The number of nitrogens with zero attached hydrogens (tertiary/aromatic N) is 2. The summed E-state index contributed by atoms with van der Waals surface area (Å²) >= 11 is 0. The molecule has 0 aliphatic carbocycles. The molecule has 7 nitrogen and oxygen atoms in total. The predicted molar refractivity (Wildman–Crippen MR) is 95.4 cm³/mol. The molecule has 0 bridgehead atoms. The molecule has 1 amide bonds. The van der Waals surface area contributed by atoms with Crippen molar-refractivity contribution in [1.82, 2.24) is 20.6 Å². The second-order valence-electron chi connectivity index (χ2n) is 5.76. The lowest BCUT2D eigenvalue weighted by Crippen LogP contribution is -2.40. The molecule has 1 aromatic rings. The van der Waals surface area contributed by atoms with Crippen molar-refractivity contribution in [2.75, 3.05) is 30.7 Å². The van der Waals surface area contributed by atoms with Gasteiger partial charge in [-0.2, -0.15) is 4.98 Å². The van der Waals surface area contributed by atoms with Gasteiger partial charge in [0.1, 0.15) is 5.82 Å². The summed E-state index contributed by atoms with van der Waals surface area (Å²) in [6, 6.07) is -0.0183. The molecule has 1 aliphatic rings. The van der Waals surface area contributed by atoms with Gasteiger partial charge >= 0.3 is 0 Å². The zero-order chi connectivity index (χ0) is 17.2. The maximum Gasteiger partial charge on any atom is 0.237 e. The molecule has 0 spiro atoms. The Morgan fingerprint density at radius 2 is 2.38 bits per heavy atom. The smallest absolute Gasteiger partial charge is 0.237 e. The Hall–Kier alpha value is -2.33. The summed E-state index contributed by atoms with van der Waals surface area (Å²) in [4.78, 5) is 20.0. The van der Waals surface area contributed by atoms with Crippen molar-refractivity contribution in [3.8, 4) is 11.8 Å². The number of rotatable bonds is 7. The van der Waals surface area contributed by atoms with Crippen LogP contribution in [0.2, 0.25) is 0 Å². The first-order valence-corrected chi connectivity index (χ1v) is 8.57. The molecule has 1 unspecified atom stereocenters. The van der Waals surface area contributed by atoms with E-state index in [0.29, 0.717) is 18.8 Å². The van der Waals surface area contributed by atoms with Crippen LogP contribution in [-0.4, -0.2) is 41.6 Å². The number of nitrogen functional groups attached to an aromatic ring is 1. The van der Waals surface area contributed by atoms with Gasteiger partial charge in [-0.1, -0.05) is 18.8 Å². The van der Waals surface area contributed by atoms with Crippen LogP contribution in [0, 0.1) is 11.8 Å². The van der Waals surface area contributed by atoms with E-state index in [1.165, 1.54) is 0 Å². The van der Waals surface area contributed by atoms with Crippen LogP contribution in [0.5, 0.6) is 0 Å². The van der Waals surface area contributed by atoms with Crippen LogP contribution in [0.25, 0.3) is 0 Å². The number of unbranched alkanes of at least 4 members (excludes halogenated alkanes) is 1. The fourth-order valence-electron chi connectivity index (χ4n) is 2.44. The maximum atomic E-state index is 11.8. The molecule has 0 radical (unpaired) electrons. The Morgan fingerprint density at radius 1 is 1.50 bits per heavy atom. The molecule has 130 valence electrons. The summed E-state index contributed by atoms with van der Waals surface area (Å²) in [5.74, 6) is 7.19. The van der Waals surface area contributed by atoms with Crippen molar-refractivity contribution in [2.24, 2.45) is 0 Å². The number of hydrogen-bond acceptors (Lipinski definition) is 6. The van der Waals surface area contributed by atoms with Crippen molar-refractivity contribution < 1.29 is 4.79 Å². The normalized spacial score (nSPS) is 16.3. The van der Waals surface area contributed by atoms with Gasteiger partial charge in [-0.05, 0) is 32.2 Å². The van der Waals surface area contributed by atoms with E-state index in [-0.39, 0.29) is 17.9 Å². The molecule has 0 saturated carbocycles. The van der Waals surface area contributed by atoms with Crippen LogP contribution in [-0.2, 0) is 4.79 Å². The monoisotopic (exact) mass is 330 g/mol. The van der Waals surface area contributed by atoms with E-state index >= 15 is 0 Å². The number of anilines is 2. The molecule has 1 atom stereocenters. The largest absolute Gasteiger partial charge is 0.369 e. The van der Waals surface area contributed by atoms with E-state index in [2.05, 4.69) is 44.7 Å². The van der Waals surface area contributed by atoms with E-state index in [9.17, 15) is 4.79 Å². The lowest BCUT2D eigenvalue weighted by Gasteiger charge is -2.10. The van der Waals surface area contributed by atoms with Crippen molar-refractivity contribution >= 4 is 17.7 Å². The van der Waals surface area contributed by atoms with Crippen LogP contribution < -0.4 is 21.7 Å². The minimum atomic E-state index is -0.0183.